The number of amides is 2. The minimum absolute atomic E-state index is 0.0105. The van der Waals surface area contributed by atoms with Crippen LogP contribution in [0.4, 0.5) is 0 Å². The zero-order valence-corrected chi connectivity index (χ0v) is 17.7. The van der Waals surface area contributed by atoms with Gasteiger partial charge in [-0.25, -0.2) is 0 Å². The zero-order valence-electron chi connectivity index (χ0n) is 16.8. The number of nitrogens with one attached hydrogen (secondary N) is 2. The fourth-order valence-corrected chi connectivity index (χ4v) is 5.37. The highest BCUT2D eigenvalue weighted by molar-refractivity contribution is 8.14. The smallest absolute Gasteiger partial charge is 0.230 e. The molecule has 2 heterocycles. The van der Waals surface area contributed by atoms with Crippen molar-refractivity contribution in [1.82, 2.24) is 20.5 Å². The standard InChI is InChI=1S/C21H29N5O2S/c1-2-12-25-19(28)16-10-6-7-11-17(16)26-20(25)23-24-21(26)29-14-18(27)22-13-15-8-4-3-5-9-15/h3-5,8-9,16-17,20,23H,2,6-7,10-14H2,1H3,(H,22,27). The van der Waals surface area contributed by atoms with Gasteiger partial charge in [0.15, 0.2) is 11.5 Å². The lowest BCUT2D eigenvalue weighted by molar-refractivity contribution is -0.155. The van der Waals surface area contributed by atoms with Crippen LogP contribution in [0, 0.1) is 5.92 Å². The maximum absolute atomic E-state index is 13.0. The van der Waals surface area contributed by atoms with Gasteiger partial charge in [0.1, 0.15) is 0 Å². The number of carbonyl (C=O) groups is 2. The van der Waals surface area contributed by atoms with Crippen LogP contribution in [0.2, 0.25) is 0 Å². The summed E-state index contributed by atoms with van der Waals surface area (Å²) in [6.45, 7) is 3.34. The molecule has 2 N–H and O–H groups in total. The molecule has 0 spiro atoms. The van der Waals surface area contributed by atoms with Crippen LogP contribution in [0.15, 0.2) is 35.4 Å². The fraction of sp³-hybridized carbons (Fsp3) is 0.571. The third kappa shape index (κ3) is 4.22. The monoisotopic (exact) mass is 415 g/mol. The predicted molar refractivity (Wildman–Crippen MR) is 115 cm³/mol. The highest BCUT2D eigenvalue weighted by atomic mass is 32.2. The van der Waals surface area contributed by atoms with Crippen LogP contribution in [-0.4, -0.2) is 51.4 Å². The molecule has 1 aromatic rings. The number of rotatable bonds is 6. The number of nitrogens with zero attached hydrogens (tertiary/aromatic N) is 3. The van der Waals surface area contributed by atoms with E-state index >= 15 is 0 Å². The minimum Gasteiger partial charge on any atom is -0.351 e. The van der Waals surface area contributed by atoms with E-state index < -0.39 is 0 Å². The van der Waals surface area contributed by atoms with Crippen LogP contribution in [0.1, 0.15) is 44.6 Å². The first-order valence-electron chi connectivity index (χ1n) is 10.5. The van der Waals surface area contributed by atoms with E-state index in [0.717, 1.165) is 49.4 Å². The largest absolute Gasteiger partial charge is 0.351 e. The Labute approximate surface area is 176 Å². The number of hydrogen-bond acceptors (Lipinski definition) is 6. The molecule has 1 saturated heterocycles. The van der Waals surface area contributed by atoms with Gasteiger partial charge in [0.05, 0.1) is 11.7 Å². The van der Waals surface area contributed by atoms with Gasteiger partial charge in [-0.3, -0.25) is 15.0 Å². The van der Waals surface area contributed by atoms with Gasteiger partial charge >= 0.3 is 0 Å². The molecule has 0 bridgehead atoms. The normalized spacial score (nSPS) is 25.8. The summed E-state index contributed by atoms with van der Waals surface area (Å²) in [4.78, 5) is 29.6. The van der Waals surface area contributed by atoms with Gasteiger partial charge in [0.25, 0.3) is 0 Å². The lowest BCUT2D eigenvalue weighted by atomic mass is 9.81. The Morgan fingerprint density at radius 3 is 2.86 bits per heavy atom. The number of benzene rings is 1. The topological polar surface area (TPSA) is 77.0 Å². The minimum atomic E-state index is -0.211. The quantitative estimate of drug-likeness (QED) is 0.746. The Morgan fingerprint density at radius 1 is 1.28 bits per heavy atom. The summed E-state index contributed by atoms with van der Waals surface area (Å²) in [5, 5.41) is 8.31. The molecule has 4 rings (SSSR count). The predicted octanol–water partition coefficient (Wildman–Crippen LogP) is 2.31. The summed E-state index contributed by atoms with van der Waals surface area (Å²) >= 11 is 1.45. The summed E-state index contributed by atoms with van der Waals surface area (Å²) in [5.41, 5.74) is 4.24. The number of thioether (sulfide) groups is 1. The van der Waals surface area contributed by atoms with Gasteiger partial charge in [-0.2, -0.15) is 5.10 Å². The number of hydrogen-bond donors (Lipinski definition) is 2. The van der Waals surface area contributed by atoms with Gasteiger partial charge in [0.2, 0.25) is 11.8 Å². The van der Waals surface area contributed by atoms with E-state index in [0.29, 0.717) is 12.3 Å². The summed E-state index contributed by atoms with van der Waals surface area (Å²) in [6, 6.07) is 10.1. The summed E-state index contributed by atoms with van der Waals surface area (Å²) in [5.74, 6) is 0.607. The molecular formula is C21H29N5O2S. The van der Waals surface area contributed by atoms with Gasteiger partial charge < -0.3 is 15.1 Å². The molecule has 0 radical (unpaired) electrons. The van der Waals surface area contributed by atoms with E-state index in [1.165, 1.54) is 11.8 Å². The van der Waals surface area contributed by atoms with Crippen LogP contribution >= 0.6 is 11.8 Å². The highest BCUT2D eigenvalue weighted by Gasteiger charge is 2.50. The van der Waals surface area contributed by atoms with Crippen LogP contribution in [-0.2, 0) is 16.1 Å². The molecule has 2 fully saturated rings. The third-order valence-electron chi connectivity index (χ3n) is 5.87. The van der Waals surface area contributed by atoms with Crippen molar-refractivity contribution in [2.45, 2.75) is 57.9 Å². The number of amidine groups is 1. The van der Waals surface area contributed by atoms with Crippen molar-refractivity contribution in [2.24, 2.45) is 11.0 Å². The van der Waals surface area contributed by atoms with Crippen molar-refractivity contribution < 1.29 is 9.59 Å². The van der Waals surface area contributed by atoms with E-state index in [2.05, 4.69) is 27.7 Å². The summed E-state index contributed by atoms with van der Waals surface area (Å²) in [7, 11) is 0. The fourth-order valence-electron chi connectivity index (χ4n) is 4.50. The van der Waals surface area contributed by atoms with Crippen molar-refractivity contribution in [2.75, 3.05) is 12.3 Å². The first-order valence-corrected chi connectivity index (χ1v) is 11.5. The molecule has 3 aliphatic rings. The third-order valence-corrected chi connectivity index (χ3v) is 6.84. The maximum atomic E-state index is 13.0. The SMILES string of the molecule is CCCN1C(=O)C2CCCCC2N2C(SCC(=O)NCc3ccccc3)=NNC12. The number of carbonyl (C=O) groups excluding carboxylic acids is 2. The Kier molecular flexibility index (Phi) is 6.28. The average molecular weight is 416 g/mol. The molecule has 0 aromatic heterocycles. The molecule has 7 nitrogen and oxygen atoms in total. The highest BCUT2D eigenvalue weighted by Crippen LogP contribution is 2.38. The van der Waals surface area contributed by atoms with Gasteiger partial charge in [-0.15, -0.1) is 0 Å². The lowest BCUT2D eigenvalue weighted by Gasteiger charge is -2.50. The molecule has 1 saturated carbocycles. The molecule has 3 atom stereocenters. The lowest BCUT2D eigenvalue weighted by Crippen LogP contribution is -2.67. The first kappa shape index (κ1) is 20.1. The summed E-state index contributed by atoms with van der Waals surface area (Å²) < 4.78 is 0. The van der Waals surface area contributed by atoms with Crippen LogP contribution in [0.25, 0.3) is 0 Å². The molecule has 1 aromatic carbocycles. The molecule has 8 heteroatoms. The van der Waals surface area contributed by atoms with E-state index in [-0.39, 0.29) is 30.1 Å². The number of hydrazone groups is 1. The molecule has 2 amide bonds. The zero-order chi connectivity index (χ0) is 20.2. The van der Waals surface area contributed by atoms with Crippen LogP contribution in [0.3, 0.4) is 0 Å². The molecule has 29 heavy (non-hydrogen) atoms. The molecule has 3 unspecified atom stereocenters. The second-order valence-corrected chi connectivity index (χ2v) is 8.79. The van der Waals surface area contributed by atoms with Gasteiger partial charge in [0, 0.05) is 19.1 Å². The molecule has 2 aliphatic heterocycles. The van der Waals surface area contributed by atoms with Gasteiger partial charge in [-0.1, -0.05) is 61.9 Å². The van der Waals surface area contributed by atoms with Crippen molar-refractivity contribution in [1.29, 1.82) is 0 Å². The Bertz CT molecular complexity index is 772. The average Bonchev–Trinajstić information content (AvgIpc) is 3.18. The van der Waals surface area contributed by atoms with Crippen LogP contribution in [0.5, 0.6) is 0 Å². The van der Waals surface area contributed by atoms with Crippen molar-refractivity contribution in [3.8, 4) is 0 Å². The first-order chi connectivity index (χ1) is 14.2. The van der Waals surface area contributed by atoms with E-state index in [1.54, 1.807) is 0 Å². The second kappa shape index (κ2) is 9.07. The van der Waals surface area contributed by atoms with Crippen LogP contribution < -0.4 is 10.7 Å². The van der Waals surface area contributed by atoms with Gasteiger partial charge in [-0.05, 0) is 24.8 Å². The number of fused-ring (bicyclic) bond motifs is 3. The summed E-state index contributed by atoms with van der Waals surface area (Å²) in [6.07, 6.45) is 4.91. The van der Waals surface area contributed by atoms with E-state index in [4.69, 9.17) is 0 Å². The van der Waals surface area contributed by atoms with Crippen molar-refractivity contribution >= 4 is 28.7 Å². The Morgan fingerprint density at radius 2 is 2.07 bits per heavy atom. The van der Waals surface area contributed by atoms with Crippen molar-refractivity contribution in [3.05, 3.63) is 35.9 Å². The molecule has 156 valence electrons. The molecular weight excluding hydrogens is 386 g/mol. The Hall–Kier alpha value is -2.22. The van der Waals surface area contributed by atoms with E-state index in [1.807, 2.05) is 35.2 Å². The Balaban J connectivity index is 1.38. The second-order valence-electron chi connectivity index (χ2n) is 7.85. The maximum Gasteiger partial charge on any atom is 0.230 e. The van der Waals surface area contributed by atoms with E-state index in [9.17, 15) is 9.59 Å². The van der Waals surface area contributed by atoms with Crippen molar-refractivity contribution in [3.63, 3.8) is 0 Å². The molecule has 1 aliphatic carbocycles.